The Morgan fingerprint density at radius 1 is 1.03 bits per heavy atom. The number of amides is 4. The number of hydrogen-bond donors (Lipinski definition) is 3. The number of para-hydroxylation sites is 1. The fourth-order valence-corrected chi connectivity index (χ4v) is 3.48. The molecule has 3 N–H and O–H groups in total. The van der Waals surface area contributed by atoms with Crippen molar-refractivity contribution >= 4 is 34.9 Å². The number of nitrogens with zero attached hydrogens (tertiary/aromatic N) is 2. The van der Waals surface area contributed by atoms with Gasteiger partial charge >= 0.3 is 12.2 Å². The van der Waals surface area contributed by atoms with E-state index in [9.17, 15) is 27.6 Å². The lowest BCUT2D eigenvalue weighted by atomic mass is 10.1. The molecule has 0 unspecified atom stereocenters. The third-order valence-electron chi connectivity index (χ3n) is 5.01. The van der Waals surface area contributed by atoms with Crippen molar-refractivity contribution in [1.82, 2.24) is 10.3 Å². The van der Waals surface area contributed by atoms with Gasteiger partial charge in [0, 0.05) is 23.6 Å². The first-order valence-corrected chi connectivity index (χ1v) is 10.1. The van der Waals surface area contributed by atoms with Crippen LogP contribution in [0.2, 0.25) is 0 Å². The standard InChI is InChI=1S/C22H18F3N5O4/c23-22(24,25)19-18(34-12-27-19)20(32)28-15-6-7-16-13(10-15)8-9-30(16)17(31)11-26-21(33)29-14-4-2-1-3-5-14/h1-7,10,12H,8-9,11H2,(H,28,32)(H2,26,29,33). The van der Waals surface area contributed by atoms with Crippen LogP contribution in [0.1, 0.15) is 21.8 Å². The fourth-order valence-electron chi connectivity index (χ4n) is 3.48. The Morgan fingerprint density at radius 3 is 2.53 bits per heavy atom. The third kappa shape index (κ3) is 5.00. The van der Waals surface area contributed by atoms with Crippen molar-refractivity contribution in [2.24, 2.45) is 0 Å². The molecule has 3 aromatic rings. The molecule has 0 fully saturated rings. The van der Waals surface area contributed by atoms with Crippen molar-refractivity contribution in [3.63, 3.8) is 0 Å². The Balaban J connectivity index is 1.37. The van der Waals surface area contributed by atoms with E-state index in [0.29, 0.717) is 36.3 Å². The van der Waals surface area contributed by atoms with Gasteiger partial charge in [-0.25, -0.2) is 9.78 Å². The van der Waals surface area contributed by atoms with Crippen LogP contribution < -0.4 is 20.9 Å². The van der Waals surface area contributed by atoms with Crippen LogP contribution in [0.15, 0.2) is 59.3 Å². The van der Waals surface area contributed by atoms with E-state index in [1.807, 2.05) is 6.07 Å². The Kier molecular flexibility index (Phi) is 6.21. The first-order chi connectivity index (χ1) is 16.2. The average Bonchev–Trinajstić information content (AvgIpc) is 3.45. The van der Waals surface area contributed by atoms with Gasteiger partial charge in [-0.2, -0.15) is 13.2 Å². The SMILES string of the molecule is O=C(NCC(=O)N1CCc2cc(NC(=O)c3ocnc3C(F)(F)F)ccc21)Nc1ccccc1. The minimum atomic E-state index is -4.83. The maximum Gasteiger partial charge on any atom is 0.437 e. The first-order valence-electron chi connectivity index (χ1n) is 10.1. The van der Waals surface area contributed by atoms with E-state index in [1.165, 1.54) is 11.0 Å². The lowest BCUT2D eigenvalue weighted by molar-refractivity contribution is -0.141. The maximum atomic E-state index is 12.9. The van der Waals surface area contributed by atoms with Crippen LogP contribution in [-0.4, -0.2) is 35.9 Å². The summed E-state index contributed by atoms with van der Waals surface area (Å²) in [5.74, 6) is -2.37. The molecule has 176 valence electrons. The number of nitrogens with one attached hydrogen (secondary N) is 3. The Bertz CT molecular complexity index is 1230. The van der Waals surface area contributed by atoms with E-state index >= 15 is 0 Å². The molecule has 0 radical (unpaired) electrons. The molecule has 0 atom stereocenters. The maximum absolute atomic E-state index is 12.9. The minimum Gasteiger partial charge on any atom is -0.438 e. The molecule has 0 spiro atoms. The van der Waals surface area contributed by atoms with Crippen LogP contribution in [0.5, 0.6) is 0 Å². The Morgan fingerprint density at radius 2 is 1.79 bits per heavy atom. The lowest BCUT2D eigenvalue weighted by Crippen LogP contribution is -2.41. The van der Waals surface area contributed by atoms with E-state index in [1.54, 1.807) is 36.4 Å². The Labute approximate surface area is 190 Å². The molecule has 2 heterocycles. The topological polar surface area (TPSA) is 117 Å². The van der Waals surface area contributed by atoms with Crippen molar-refractivity contribution in [2.45, 2.75) is 12.6 Å². The van der Waals surface area contributed by atoms with Gasteiger partial charge in [-0.15, -0.1) is 0 Å². The quantitative estimate of drug-likeness (QED) is 0.523. The van der Waals surface area contributed by atoms with Gasteiger partial charge in [0.05, 0.1) is 6.54 Å². The van der Waals surface area contributed by atoms with Crippen LogP contribution in [0.3, 0.4) is 0 Å². The molecule has 4 rings (SSSR count). The summed E-state index contributed by atoms with van der Waals surface area (Å²) in [7, 11) is 0. The Hall–Kier alpha value is -4.35. The highest BCUT2D eigenvalue weighted by Gasteiger charge is 2.40. The van der Waals surface area contributed by atoms with Gasteiger partial charge in [0.2, 0.25) is 11.7 Å². The summed E-state index contributed by atoms with van der Waals surface area (Å²) < 4.78 is 43.4. The second-order valence-corrected chi connectivity index (χ2v) is 7.29. The van der Waals surface area contributed by atoms with Crippen LogP contribution in [0, 0.1) is 0 Å². The highest BCUT2D eigenvalue weighted by atomic mass is 19.4. The number of fused-ring (bicyclic) bond motifs is 1. The molecule has 12 heteroatoms. The molecule has 0 aliphatic carbocycles. The molecule has 0 saturated carbocycles. The molecule has 9 nitrogen and oxygen atoms in total. The van der Waals surface area contributed by atoms with Crippen LogP contribution in [0.4, 0.5) is 35.0 Å². The number of halogens is 3. The van der Waals surface area contributed by atoms with Gasteiger partial charge in [-0.1, -0.05) is 18.2 Å². The van der Waals surface area contributed by atoms with Gasteiger partial charge in [0.25, 0.3) is 5.91 Å². The average molecular weight is 473 g/mol. The van der Waals surface area contributed by atoms with Crippen LogP contribution in [-0.2, 0) is 17.4 Å². The molecule has 1 aliphatic heterocycles. The second-order valence-electron chi connectivity index (χ2n) is 7.29. The predicted molar refractivity (Wildman–Crippen MR) is 115 cm³/mol. The summed E-state index contributed by atoms with van der Waals surface area (Å²) in [6, 6.07) is 12.8. The van der Waals surface area contributed by atoms with Gasteiger partial charge < -0.3 is 25.3 Å². The highest BCUT2D eigenvalue weighted by molar-refractivity contribution is 6.04. The van der Waals surface area contributed by atoms with Gasteiger partial charge in [0.1, 0.15) is 0 Å². The fraction of sp³-hybridized carbons (Fsp3) is 0.182. The monoisotopic (exact) mass is 473 g/mol. The van der Waals surface area contributed by atoms with E-state index in [2.05, 4.69) is 25.4 Å². The number of rotatable bonds is 5. The van der Waals surface area contributed by atoms with Crippen molar-refractivity contribution in [3.8, 4) is 0 Å². The second kappa shape index (κ2) is 9.25. The largest absolute Gasteiger partial charge is 0.438 e. The van der Waals surface area contributed by atoms with Gasteiger partial charge in [0.15, 0.2) is 12.1 Å². The summed E-state index contributed by atoms with van der Waals surface area (Å²) in [5, 5.41) is 7.47. The number of benzene rings is 2. The molecule has 0 saturated heterocycles. The molecule has 1 aliphatic rings. The number of carbonyl (C=O) groups excluding carboxylic acids is 3. The summed E-state index contributed by atoms with van der Waals surface area (Å²) in [5.41, 5.74) is 0.716. The highest BCUT2D eigenvalue weighted by Crippen LogP contribution is 2.33. The van der Waals surface area contributed by atoms with E-state index in [0.717, 1.165) is 0 Å². The van der Waals surface area contributed by atoms with E-state index in [4.69, 9.17) is 0 Å². The number of carbonyl (C=O) groups is 3. The summed E-state index contributed by atoms with van der Waals surface area (Å²) in [6.07, 6.45) is -3.81. The van der Waals surface area contributed by atoms with Gasteiger partial charge in [-0.05, 0) is 42.3 Å². The number of oxazole rings is 1. The molecule has 34 heavy (non-hydrogen) atoms. The van der Waals surface area contributed by atoms with Crippen molar-refractivity contribution in [3.05, 3.63) is 71.9 Å². The molecular formula is C22H18F3N5O4. The molecular weight excluding hydrogens is 455 g/mol. The molecule has 0 bridgehead atoms. The zero-order chi connectivity index (χ0) is 24.3. The zero-order valence-electron chi connectivity index (χ0n) is 17.5. The van der Waals surface area contributed by atoms with Crippen molar-refractivity contribution < 1.29 is 32.0 Å². The number of anilines is 3. The molecule has 2 aromatic carbocycles. The molecule has 4 amide bonds. The van der Waals surface area contributed by atoms with Crippen LogP contribution in [0.25, 0.3) is 0 Å². The summed E-state index contributed by atoms with van der Waals surface area (Å²) >= 11 is 0. The normalized spacial score (nSPS) is 12.7. The van der Waals surface area contributed by atoms with E-state index in [-0.39, 0.29) is 18.1 Å². The minimum absolute atomic E-state index is 0.234. The van der Waals surface area contributed by atoms with Crippen molar-refractivity contribution in [2.75, 3.05) is 28.6 Å². The summed E-state index contributed by atoms with van der Waals surface area (Å²) in [4.78, 5) is 41.4. The predicted octanol–water partition coefficient (Wildman–Crippen LogP) is 3.66. The first kappa shape index (κ1) is 22.8. The van der Waals surface area contributed by atoms with Crippen LogP contribution >= 0.6 is 0 Å². The van der Waals surface area contributed by atoms with Crippen molar-refractivity contribution in [1.29, 1.82) is 0 Å². The lowest BCUT2D eigenvalue weighted by Gasteiger charge is -2.18. The number of urea groups is 1. The number of aromatic nitrogens is 1. The zero-order valence-corrected chi connectivity index (χ0v) is 17.5. The smallest absolute Gasteiger partial charge is 0.437 e. The summed E-state index contributed by atoms with van der Waals surface area (Å²) in [6.45, 7) is 0.121. The van der Waals surface area contributed by atoms with Gasteiger partial charge in [-0.3, -0.25) is 9.59 Å². The number of alkyl halides is 3. The van der Waals surface area contributed by atoms with E-state index < -0.39 is 29.6 Å². The third-order valence-corrected chi connectivity index (χ3v) is 5.01. The molecule has 1 aromatic heterocycles. The number of hydrogen-bond acceptors (Lipinski definition) is 5.